The van der Waals surface area contributed by atoms with Crippen LogP contribution in [0, 0.1) is 12.7 Å². The third kappa shape index (κ3) is 3.19. The zero-order chi connectivity index (χ0) is 14.9. The van der Waals surface area contributed by atoms with Gasteiger partial charge in [0.15, 0.2) is 6.10 Å². The summed E-state index contributed by atoms with van der Waals surface area (Å²) in [7, 11) is 0. The van der Waals surface area contributed by atoms with E-state index in [9.17, 15) is 17.6 Å². The molecule has 2 rings (SSSR count). The Morgan fingerprint density at radius 3 is 2.60 bits per heavy atom. The van der Waals surface area contributed by atoms with E-state index < -0.39 is 18.1 Å². The summed E-state index contributed by atoms with van der Waals surface area (Å²) in [6, 6.07) is 5.48. The number of nitrogens with zero attached hydrogens (tertiary/aromatic N) is 1. The number of aryl methyl sites for hydroxylation is 1. The lowest BCUT2D eigenvalue weighted by Gasteiger charge is -2.12. The molecule has 1 aromatic heterocycles. The first-order valence-corrected chi connectivity index (χ1v) is 5.93. The fourth-order valence-electron chi connectivity index (χ4n) is 1.92. The zero-order valence-electron chi connectivity index (χ0n) is 10.7. The molecule has 1 N–H and O–H groups in total. The summed E-state index contributed by atoms with van der Waals surface area (Å²) in [5, 5.41) is 9.14. The Labute approximate surface area is 113 Å². The van der Waals surface area contributed by atoms with Crippen molar-refractivity contribution in [1.82, 2.24) is 4.57 Å². The molecular formula is C14H13F4NO. The van der Waals surface area contributed by atoms with Crippen molar-refractivity contribution in [2.75, 3.05) is 0 Å². The molecule has 0 fully saturated rings. The fraction of sp³-hybridized carbons (Fsp3) is 0.286. The minimum Gasteiger partial charge on any atom is -0.379 e. The van der Waals surface area contributed by atoms with Crippen LogP contribution in [-0.2, 0) is 6.54 Å². The fourth-order valence-corrected chi connectivity index (χ4v) is 1.92. The molecule has 0 aliphatic heterocycles. The van der Waals surface area contributed by atoms with E-state index in [1.807, 2.05) is 0 Å². The molecule has 1 aromatic carbocycles. The number of halogens is 4. The molecule has 0 bridgehead atoms. The second kappa shape index (κ2) is 5.28. The lowest BCUT2D eigenvalue weighted by molar-refractivity contribution is -0.206. The standard InChI is InChI=1S/C14H13F4NO/c1-9-2-3-12(15)6-11(9)8-19-5-4-10(7-19)13(20)14(16,17)18/h2-7,13,20H,8H2,1H3. The van der Waals surface area contributed by atoms with Crippen LogP contribution in [0.3, 0.4) is 0 Å². The van der Waals surface area contributed by atoms with Gasteiger partial charge in [0.1, 0.15) is 5.82 Å². The third-order valence-corrected chi connectivity index (χ3v) is 3.06. The Morgan fingerprint density at radius 2 is 1.95 bits per heavy atom. The van der Waals surface area contributed by atoms with Crippen molar-refractivity contribution in [1.29, 1.82) is 0 Å². The molecule has 20 heavy (non-hydrogen) atoms. The SMILES string of the molecule is Cc1ccc(F)cc1Cn1ccc(C(O)C(F)(F)F)c1. The molecule has 108 valence electrons. The predicted molar refractivity (Wildman–Crippen MR) is 65.7 cm³/mol. The molecule has 0 aliphatic carbocycles. The summed E-state index contributed by atoms with van der Waals surface area (Å²) < 4.78 is 51.8. The van der Waals surface area contributed by atoms with Gasteiger partial charge in [-0.2, -0.15) is 13.2 Å². The largest absolute Gasteiger partial charge is 0.418 e. The number of hydrogen-bond acceptors (Lipinski definition) is 1. The first-order valence-electron chi connectivity index (χ1n) is 5.93. The molecule has 2 aromatic rings. The van der Waals surface area contributed by atoms with Gasteiger partial charge in [-0.3, -0.25) is 0 Å². The molecule has 0 radical (unpaired) electrons. The molecule has 2 nitrogen and oxygen atoms in total. The molecule has 0 saturated heterocycles. The smallest absolute Gasteiger partial charge is 0.379 e. The lowest BCUT2D eigenvalue weighted by atomic mass is 10.1. The van der Waals surface area contributed by atoms with Crippen molar-refractivity contribution < 1.29 is 22.7 Å². The number of rotatable bonds is 3. The maximum atomic E-state index is 13.1. The Balaban J connectivity index is 2.20. The van der Waals surface area contributed by atoms with Gasteiger partial charge in [0.2, 0.25) is 0 Å². The van der Waals surface area contributed by atoms with E-state index in [0.717, 1.165) is 5.56 Å². The molecule has 1 heterocycles. The summed E-state index contributed by atoms with van der Waals surface area (Å²) in [6.45, 7) is 2.04. The first-order chi connectivity index (χ1) is 9.27. The van der Waals surface area contributed by atoms with Crippen LogP contribution in [0.4, 0.5) is 17.6 Å². The summed E-state index contributed by atoms with van der Waals surface area (Å²) >= 11 is 0. The highest BCUT2D eigenvalue weighted by Gasteiger charge is 2.39. The van der Waals surface area contributed by atoms with Crippen LogP contribution in [0.2, 0.25) is 0 Å². The number of aliphatic hydroxyl groups is 1. The van der Waals surface area contributed by atoms with Gasteiger partial charge in [-0.25, -0.2) is 4.39 Å². The van der Waals surface area contributed by atoms with E-state index in [1.165, 1.54) is 35.2 Å². The minimum absolute atomic E-state index is 0.230. The average molecular weight is 287 g/mol. The Hall–Kier alpha value is -1.82. The summed E-state index contributed by atoms with van der Waals surface area (Å²) in [5.41, 5.74) is 1.29. The van der Waals surface area contributed by atoms with Crippen LogP contribution in [0.1, 0.15) is 22.8 Å². The van der Waals surface area contributed by atoms with Crippen LogP contribution in [0.25, 0.3) is 0 Å². The highest BCUT2D eigenvalue weighted by atomic mass is 19.4. The van der Waals surface area contributed by atoms with Crippen molar-refractivity contribution in [2.24, 2.45) is 0 Å². The zero-order valence-corrected chi connectivity index (χ0v) is 10.7. The van der Waals surface area contributed by atoms with Gasteiger partial charge in [0, 0.05) is 24.5 Å². The molecule has 1 atom stereocenters. The van der Waals surface area contributed by atoms with Gasteiger partial charge in [-0.1, -0.05) is 6.07 Å². The van der Waals surface area contributed by atoms with Crippen LogP contribution in [0.15, 0.2) is 36.7 Å². The van der Waals surface area contributed by atoms with Crippen LogP contribution < -0.4 is 0 Å². The Morgan fingerprint density at radius 1 is 1.25 bits per heavy atom. The van der Waals surface area contributed by atoms with Gasteiger partial charge >= 0.3 is 6.18 Å². The van der Waals surface area contributed by atoms with E-state index in [4.69, 9.17) is 5.11 Å². The second-order valence-electron chi connectivity index (χ2n) is 4.63. The Bertz CT molecular complexity index is 603. The molecule has 0 saturated carbocycles. The van der Waals surface area contributed by atoms with Gasteiger partial charge < -0.3 is 9.67 Å². The van der Waals surface area contributed by atoms with Crippen molar-refractivity contribution in [2.45, 2.75) is 25.7 Å². The van der Waals surface area contributed by atoms with Crippen LogP contribution in [0.5, 0.6) is 0 Å². The van der Waals surface area contributed by atoms with Gasteiger partial charge in [0.25, 0.3) is 0 Å². The van der Waals surface area contributed by atoms with Crippen molar-refractivity contribution in [3.8, 4) is 0 Å². The summed E-state index contributed by atoms with van der Waals surface area (Å²) in [5.74, 6) is -0.395. The normalized spacial score (nSPS) is 13.5. The molecule has 0 amide bonds. The van der Waals surface area contributed by atoms with E-state index in [0.29, 0.717) is 5.56 Å². The monoisotopic (exact) mass is 287 g/mol. The molecule has 0 aliphatic rings. The lowest BCUT2D eigenvalue weighted by Crippen LogP contribution is -2.19. The van der Waals surface area contributed by atoms with Crippen LogP contribution in [-0.4, -0.2) is 15.8 Å². The molecule has 1 unspecified atom stereocenters. The molecule has 0 spiro atoms. The number of alkyl halides is 3. The summed E-state index contributed by atoms with van der Waals surface area (Å²) in [6.07, 6.45) is -4.56. The number of aliphatic hydroxyl groups excluding tert-OH is 1. The van der Waals surface area contributed by atoms with E-state index in [1.54, 1.807) is 13.0 Å². The van der Waals surface area contributed by atoms with Gasteiger partial charge in [0.05, 0.1) is 0 Å². The van der Waals surface area contributed by atoms with E-state index in [2.05, 4.69) is 0 Å². The number of benzene rings is 1. The number of hydrogen-bond donors (Lipinski definition) is 1. The van der Waals surface area contributed by atoms with E-state index >= 15 is 0 Å². The molecule has 6 heteroatoms. The molecular weight excluding hydrogens is 274 g/mol. The minimum atomic E-state index is -4.69. The van der Waals surface area contributed by atoms with Crippen molar-refractivity contribution in [3.63, 3.8) is 0 Å². The van der Waals surface area contributed by atoms with E-state index in [-0.39, 0.29) is 12.1 Å². The second-order valence-corrected chi connectivity index (χ2v) is 4.63. The first kappa shape index (κ1) is 14.6. The maximum absolute atomic E-state index is 13.1. The highest BCUT2D eigenvalue weighted by molar-refractivity contribution is 5.27. The predicted octanol–water partition coefficient (Wildman–Crippen LogP) is 3.58. The quantitative estimate of drug-likeness (QED) is 0.858. The Kier molecular flexibility index (Phi) is 3.85. The third-order valence-electron chi connectivity index (χ3n) is 3.06. The maximum Gasteiger partial charge on any atom is 0.418 e. The van der Waals surface area contributed by atoms with Gasteiger partial charge in [-0.15, -0.1) is 0 Å². The van der Waals surface area contributed by atoms with Crippen molar-refractivity contribution in [3.05, 3.63) is 59.2 Å². The summed E-state index contributed by atoms with van der Waals surface area (Å²) in [4.78, 5) is 0. The topological polar surface area (TPSA) is 25.2 Å². The van der Waals surface area contributed by atoms with Crippen molar-refractivity contribution >= 4 is 0 Å². The average Bonchev–Trinajstić information content (AvgIpc) is 2.80. The van der Waals surface area contributed by atoms with Gasteiger partial charge in [-0.05, 0) is 36.2 Å². The highest BCUT2D eigenvalue weighted by Crippen LogP contribution is 2.32. The number of aromatic nitrogens is 1. The van der Waals surface area contributed by atoms with Crippen LogP contribution >= 0.6 is 0 Å².